The molecular formula is C5H12N2OS. The molecule has 0 saturated carbocycles. The quantitative estimate of drug-likeness (QED) is 0.433. The molecule has 0 heterocycles. The normalized spacial score (nSPS) is 9.78. The van der Waals surface area contributed by atoms with Crippen LogP contribution in [0.3, 0.4) is 0 Å². The Balaban J connectivity index is 3.26. The summed E-state index contributed by atoms with van der Waals surface area (Å²) >= 11 is 3.99. The maximum absolute atomic E-state index is 10.4. The van der Waals surface area contributed by atoms with E-state index in [-0.39, 0.29) is 5.91 Å². The molecule has 0 aromatic heterocycles. The highest BCUT2D eigenvalue weighted by Gasteiger charge is 1.95. The van der Waals surface area contributed by atoms with E-state index in [0.717, 1.165) is 12.3 Å². The fraction of sp³-hybridized carbons (Fsp3) is 0.800. The third-order valence-electron chi connectivity index (χ3n) is 0.784. The molecule has 0 aliphatic carbocycles. The Labute approximate surface area is 60.8 Å². The Bertz CT molecular complexity index is 97.0. The molecule has 0 aromatic rings. The van der Waals surface area contributed by atoms with Gasteiger partial charge in [-0.3, -0.25) is 10.2 Å². The van der Waals surface area contributed by atoms with Gasteiger partial charge in [0, 0.05) is 26.3 Å². The highest BCUT2D eigenvalue weighted by molar-refractivity contribution is 7.80. The second-order valence-electron chi connectivity index (χ2n) is 1.81. The van der Waals surface area contributed by atoms with Crippen LogP contribution in [0.4, 0.5) is 0 Å². The third-order valence-corrected chi connectivity index (χ3v) is 0.984. The fourth-order valence-corrected chi connectivity index (χ4v) is 0.775. The summed E-state index contributed by atoms with van der Waals surface area (Å²) in [5.74, 6) is 0.704. The largest absolute Gasteiger partial charge is 0.289 e. The molecule has 0 radical (unpaired) electrons. The number of nitrogens with one attached hydrogen (secondary N) is 1. The monoisotopic (exact) mass is 148 g/mol. The SMILES string of the molecule is CC(=O)NN(C)CCS. The lowest BCUT2D eigenvalue weighted by atomic mass is 10.7. The first-order valence-electron chi connectivity index (χ1n) is 2.76. The summed E-state index contributed by atoms with van der Waals surface area (Å²) in [4.78, 5) is 10.4. The van der Waals surface area contributed by atoms with Gasteiger partial charge in [0.15, 0.2) is 0 Å². The molecule has 54 valence electrons. The van der Waals surface area contributed by atoms with E-state index in [0.29, 0.717) is 0 Å². The second-order valence-corrected chi connectivity index (χ2v) is 2.26. The van der Waals surface area contributed by atoms with Crippen LogP contribution in [0.5, 0.6) is 0 Å². The first kappa shape index (κ1) is 8.78. The van der Waals surface area contributed by atoms with Crippen molar-refractivity contribution < 1.29 is 4.79 Å². The van der Waals surface area contributed by atoms with E-state index < -0.39 is 0 Å². The summed E-state index contributed by atoms with van der Waals surface area (Å²) in [6, 6.07) is 0. The summed E-state index contributed by atoms with van der Waals surface area (Å²) in [5, 5.41) is 1.70. The van der Waals surface area contributed by atoms with E-state index >= 15 is 0 Å². The number of nitrogens with zero attached hydrogens (tertiary/aromatic N) is 1. The van der Waals surface area contributed by atoms with E-state index in [1.807, 2.05) is 0 Å². The number of hydrogen-bond donors (Lipinski definition) is 2. The third kappa shape index (κ3) is 5.65. The standard InChI is InChI=1S/C5H12N2OS/c1-5(8)6-7(2)3-4-9/h9H,3-4H2,1-2H3,(H,6,8). The second kappa shape index (κ2) is 4.64. The molecule has 0 unspecified atom stereocenters. The molecule has 0 spiro atoms. The number of rotatable bonds is 3. The Morgan fingerprint density at radius 2 is 2.33 bits per heavy atom. The van der Waals surface area contributed by atoms with Crippen LogP contribution in [0.15, 0.2) is 0 Å². The maximum Gasteiger partial charge on any atom is 0.231 e. The van der Waals surface area contributed by atoms with Gasteiger partial charge in [-0.2, -0.15) is 12.6 Å². The minimum Gasteiger partial charge on any atom is -0.289 e. The van der Waals surface area contributed by atoms with Crippen molar-refractivity contribution in [2.75, 3.05) is 19.3 Å². The van der Waals surface area contributed by atoms with Crippen molar-refractivity contribution in [3.8, 4) is 0 Å². The van der Waals surface area contributed by atoms with Crippen LogP contribution in [0.2, 0.25) is 0 Å². The van der Waals surface area contributed by atoms with Crippen molar-refractivity contribution in [2.24, 2.45) is 0 Å². The van der Waals surface area contributed by atoms with Crippen LogP contribution in [0, 0.1) is 0 Å². The Morgan fingerprint density at radius 1 is 1.78 bits per heavy atom. The zero-order valence-corrected chi connectivity index (χ0v) is 6.61. The van der Waals surface area contributed by atoms with E-state index in [1.54, 1.807) is 12.1 Å². The van der Waals surface area contributed by atoms with Gasteiger partial charge < -0.3 is 0 Å². The Hall–Kier alpha value is -0.220. The van der Waals surface area contributed by atoms with Gasteiger partial charge in [-0.25, -0.2) is 5.01 Å². The summed E-state index contributed by atoms with van der Waals surface area (Å²) in [6.07, 6.45) is 0. The molecule has 0 aliphatic heterocycles. The molecule has 1 N–H and O–H groups in total. The topological polar surface area (TPSA) is 32.3 Å². The van der Waals surface area contributed by atoms with Crippen LogP contribution in [0.25, 0.3) is 0 Å². The van der Waals surface area contributed by atoms with Gasteiger partial charge in [0.1, 0.15) is 0 Å². The first-order valence-corrected chi connectivity index (χ1v) is 3.39. The maximum atomic E-state index is 10.4. The summed E-state index contributed by atoms with van der Waals surface area (Å²) in [6.45, 7) is 2.25. The number of carbonyl (C=O) groups excluding carboxylic acids is 1. The van der Waals surface area contributed by atoms with Gasteiger partial charge in [0.2, 0.25) is 5.91 Å². The average molecular weight is 148 g/mol. The van der Waals surface area contributed by atoms with Gasteiger partial charge in [-0.15, -0.1) is 0 Å². The van der Waals surface area contributed by atoms with Gasteiger partial charge in [0.25, 0.3) is 0 Å². The van der Waals surface area contributed by atoms with Crippen molar-refractivity contribution in [1.29, 1.82) is 0 Å². The van der Waals surface area contributed by atoms with Gasteiger partial charge in [-0.05, 0) is 0 Å². The zero-order valence-electron chi connectivity index (χ0n) is 5.72. The van der Waals surface area contributed by atoms with Crippen LogP contribution in [-0.4, -0.2) is 30.3 Å². The average Bonchev–Trinajstić information content (AvgIpc) is 1.63. The fourth-order valence-electron chi connectivity index (χ4n) is 0.475. The number of amides is 1. The molecule has 0 atom stereocenters. The lowest BCUT2D eigenvalue weighted by Crippen LogP contribution is -2.38. The number of thiol groups is 1. The zero-order chi connectivity index (χ0) is 7.28. The predicted octanol–water partition coefficient (Wildman–Crippen LogP) is -0.101. The summed E-state index contributed by atoms with van der Waals surface area (Å²) in [5.41, 5.74) is 2.59. The van der Waals surface area contributed by atoms with E-state index in [1.165, 1.54) is 6.92 Å². The van der Waals surface area contributed by atoms with Crippen LogP contribution in [0.1, 0.15) is 6.92 Å². The number of hydrogen-bond acceptors (Lipinski definition) is 3. The number of hydrazine groups is 1. The Morgan fingerprint density at radius 3 is 2.67 bits per heavy atom. The highest BCUT2D eigenvalue weighted by atomic mass is 32.1. The molecule has 0 aliphatic rings. The number of carbonyl (C=O) groups is 1. The molecule has 0 bridgehead atoms. The molecule has 3 nitrogen and oxygen atoms in total. The molecular weight excluding hydrogens is 136 g/mol. The molecule has 0 saturated heterocycles. The van der Waals surface area contributed by atoms with E-state index in [2.05, 4.69) is 18.1 Å². The van der Waals surface area contributed by atoms with Crippen molar-refractivity contribution in [3.63, 3.8) is 0 Å². The molecule has 9 heavy (non-hydrogen) atoms. The smallest absolute Gasteiger partial charge is 0.231 e. The van der Waals surface area contributed by atoms with Crippen LogP contribution >= 0.6 is 12.6 Å². The first-order chi connectivity index (χ1) is 4.16. The lowest BCUT2D eigenvalue weighted by Gasteiger charge is -2.14. The summed E-state index contributed by atoms with van der Waals surface area (Å²) < 4.78 is 0. The van der Waals surface area contributed by atoms with E-state index in [9.17, 15) is 4.79 Å². The van der Waals surface area contributed by atoms with Crippen molar-refractivity contribution in [1.82, 2.24) is 10.4 Å². The molecule has 0 aromatic carbocycles. The van der Waals surface area contributed by atoms with Crippen molar-refractivity contribution in [2.45, 2.75) is 6.92 Å². The van der Waals surface area contributed by atoms with Crippen LogP contribution < -0.4 is 5.43 Å². The Kier molecular flexibility index (Phi) is 4.53. The van der Waals surface area contributed by atoms with Gasteiger partial charge in [-0.1, -0.05) is 0 Å². The molecule has 1 amide bonds. The van der Waals surface area contributed by atoms with Gasteiger partial charge in [0.05, 0.1) is 0 Å². The minimum atomic E-state index is -0.0423. The summed E-state index contributed by atoms with van der Waals surface area (Å²) in [7, 11) is 1.80. The highest BCUT2D eigenvalue weighted by Crippen LogP contribution is 1.77. The van der Waals surface area contributed by atoms with Gasteiger partial charge >= 0.3 is 0 Å². The molecule has 0 fully saturated rings. The van der Waals surface area contributed by atoms with Crippen molar-refractivity contribution in [3.05, 3.63) is 0 Å². The van der Waals surface area contributed by atoms with E-state index in [4.69, 9.17) is 0 Å². The lowest BCUT2D eigenvalue weighted by molar-refractivity contribution is -0.123. The van der Waals surface area contributed by atoms with Crippen molar-refractivity contribution >= 4 is 18.5 Å². The predicted molar refractivity (Wildman–Crippen MR) is 40.3 cm³/mol. The molecule has 4 heteroatoms. The minimum absolute atomic E-state index is 0.0423. The van der Waals surface area contributed by atoms with Crippen LogP contribution in [-0.2, 0) is 4.79 Å². The molecule has 0 rings (SSSR count).